The molecule has 0 bridgehead atoms. The van der Waals surface area contributed by atoms with Crippen molar-refractivity contribution in [3.63, 3.8) is 0 Å². The summed E-state index contributed by atoms with van der Waals surface area (Å²) in [5.74, 6) is 0.614. The van der Waals surface area contributed by atoms with Crippen LogP contribution in [0.4, 0.5) is 13.2 Å². The highest BCUT2D eigenvalue weighted by Crippen LogP contribution is 2.38. The van der Waals surface area contributed by atoms with E-state index in [-0.39, 0.29) is 5.69 Å². The van der Waals surface area contributed by atoms with Gasteiger partial charge in [-0.1, -0.05) is 0 Å². The molecule has 11 heteroatoms. The summed E-state index contributed by atoms with van der Waals surface area (Å²) in [6.07, 6.45) is -4.82. The second-order valence-electron chi connectivity index (χ2n) is 7.06. The standard InChI is InChI=1S/C21H15F3IN3O3S/c1-10-6-15(31-3)12(8-14(10)25)19-13-7-11(4-5-16(13)32-26-19)28-18(29)9-17(21(22,23)24)27(2)20(28)30/h4-9H,1-3H3. The Kier molecular flexibility index (Phi) is 5.65. The first-order chi connectivity index (χ1) is 15.0. The van der Waals surface area contributed by atoms with E-state index >= 15 is 0 Å². The van der Waals surface area contributed by atoms with Gasteiger partial charge in [-0.25, -0.2) is 9.36 Å². The van der Waals surface area contributed by atoms with Gasteiger partial charge in [0.15, 0.2) is 0 Å². The molecule has 0 radical (unpaired) electrons. The van der Waals surface area contributed by atoms with Gasteiger partial charge >= 0.3 is 11.9 Å². The first-order valence-electron chi connectivity index (χ1n) is 9.17. The number of halogens is 4. The van der Waals surface area contributed by atoms with Crippen LogP contribution in [0.15, 0.2) is 46.0 Å². The Morgan fingerprint density at radius 3 is 2.50 bits per heavy atom. The molecule has 0 saturated heterocycles. The van der Waals surface area contributed by atoms with Crippen LogP contribution in [0, 0.1) is 10.5 Å². The number of methoxy groups -OCH3 is 1. The highest BCUT2D eigenvalue weighted by Gasteiger charge is 2.35. The number of hydrogen-bond acceptors (Lipinski definition) is 5. The molecule has 0 unspecified atom stereocenters. The minimum absolute atomic E-state index is 0.152. The molecule has 6 nitrogen and oxygen atoms in total. The van der Waals surface area contributed by atoms with Crippen LogP contribution in [0.5, 0.6) is 5.75 Å². The molecule has 0 fully saturated rings. The van der Waals surface area contributed by atoms with Crippen LogP contribution in [-0.2, 0) is 13.2 Å². The van der Waals surface area contributed by atoms with Crippen molar-refractivity contribution in [2.45, 2.75) is 13.1 Å². The summed E-state index contributed by atoms with van der Waals surface area (Å²) >= 11 is 3.44. The number of ether oxygens (including phenoxy) is 1. The van der Waals surface area contributed by atoms with Crippen molar-refractivity contribution in [2.24, 2.45) is 7.05 Å². The summed E-state index contributed by atoms with van der Waals surface area (Å²) in [5.41, 5.74) is -0.938. The molecule has 0 spiro atoms. The summed E-state index contributed by atoms with van der Waals surface area (Å²) < 4.78 is 52.4. The molecule has 0 N–H and O–H groups in total. The molecule has 0 aliphatic carbocycles. The Morgan fingerprint density at radius 1 is 1.12 bits per heavy atom. The smallest absolute Gasteiger partial charge is 0.431 e. The molecule has 2 heterocycles. The summed E-state index contributed by atoms with van der Waals surface area (Å²) in [6.45, 7) is 1.96. The van der Waals surface area contributed by atoms with Crippen molar-refractivity contribution >= 4 is 44.2 Å². The van der Waals surface area contributed by atoms with Gasteiger partial charge in [0.1, 0.15) is 11.4 Å². The maximum atomic E-state index is 13.2. The number of fused-ring (bicyclic) bond motifs is 1. The zero-order valence-electron chi connectivity index (χ0n) is 17.0. The van der Waals surface area contributed by atoms with E-state index < -0.39 is 23.1 Å². The maximum absolute atomic E-state index is 13.2. The Morgan fingerprint density at radius 2 is 1.84 bits per heavy atom. The van der Waals surface area contributed by atoms with Gasteiger partial charge in [0, 0.05) is 27.6 Å². The van der Waals surface area contributed by atoms with Gasteiger partial charge in [-0.3, -0.25) is 9.36 Å². The van der Waals surface area contributed by atoms with Crippen molar-refractivity contribution in [1.82, 2.24) is 13.5 Å². The molecule has 4 rings (SSSR count). The number of rotatable bonds is 3. The Balaban J connectivity index is 1.96. The van der Waals surface area contributed by atoms with Crippen molar-refractivity contribution in [2.75, 3.05) is 7.11 Å². The van der Waals surface area contributed by atoms with Crippen LogP contribution in [0.3, 0.4) is 0 Å². The van der Waals surface area contributed by atoms with Crippen LogP contribution in [-0.4, -0.2) is 20.6 Å². The highest BCUT2D eigenvalue weighted by atomic mass is 127. The number of aryl methyl sites for hydroxylation is 1. The van der Waals surface area contributed by atoms with Crippen molar-refractivity contribution in [1.29, 1.82) is 0 Å². The number of nitrogens with zero attached hydrogens (tertiary/aromatic N) is 3. The third-order valence-electron chi connectivity index (χ3n) is 5.06. The van der Waals surface area contributed by atoms with Crippen molar-refractivity contribution < 1.29 is 17.9 Å². The number of benzene rings is 2. The largest absolute Gasteiger partial charge is 0.496 e. The second-order valence-corrected chi connectivity index (χ2v) is 9.02. The quantitative estimate of drug-likeness (QED) is 0.332. The fourth-order valence-electron chi connectivity index (χ4n) is 3.40. The molecule has 2 aromatic carbocycles. The van der Waals surface area contributed by atoms with Crippen LogP contribution in [0.1, 0.15) is 11.3 Å². The van der Waals surface area contributed by atoms with Gasteiger partial charge < -0.3 is 4.74 Å². The van der Waals surface area contributed by atoms with Gasteiger partial charge in [-0.2, -0.15) is 17.5 Å². The zero-order valence-corrected chi connectivity index (χ0v) is 19.9. The summed E-state index contributed by atoms with van der Waals surface area (Å²) in [7, 11) is 2.53. The monoisotopic (exact) mass is 573 g/mol. The lowest BCUT2D eigenvalue weighted by atomic mass is 10.0. The predicted octanol–water partition coefficient (Wildman–Crippen LogP) is 4.75. The molecule has 0 aliphatic heterocycles. The van der Waals surface area contributed by atoms with Gasteiger partial charge in [-0.05, 0) is 76.9 Å². The fourth-order valence-corrected chi connectivity index (χ4v) is 4.64. The summed E-state index contributed by atoms with van der Waals surface area (Å²) in [4.78, 5) is 25.1. The molecule has 32 heavy (non-hydrogen) atoms. The molecule has 0 aliphatic rings. The lowest BCUT2D eigenvalue weighted by Gasteiger charge is -2.14. The third kappa shape index (κ3) is 3.72. The third-order valence-corrected chi connectivity index (χ3v) is 7.05. The van der Waals surface area contributed by atoms with Crippen LogP contribution < -0.4 is 16.0 Å². The first-order valence-corrected chi connectivity index (χ1v) is 11.0. The molecule has 166 valence electrons. The Labute approximate surface area is 197 Å². The normalized spacial score (nSPS) is 11.8. The molecular formula is C21H15F3IN3O3S. The summed E-state index contributed by atoms with van der Waals surface area (Å²) in [5, 5.41) is 0.652. The number of hydrogen-bond donors (Lipinski definition) is 0. The van der Waals surface area contributed by atoms with E-state index in [0.29, 0.717) is 32.0 Å². The number of alkyl halides is 3. The molecule has 4 aromatic rings. The number of aromatic nitrogens is 3. The highest BCUT2D eigenvalue weighted by molar-refractivity contribution is 14.1. The van der Waals surface area contributed by atoms with E-state index in [1.807, 2.05) is 19.1 Å². The van der Waals surface area contributed by atoms with E-state index in [0.717, 1.165) is 26.4 Å². The lowest BCUT2D eigenvalue weighted by Crippen LogP contribution is -2.40. The van der Waals surface area contributed by atoms with E-state index in [1.165, 1.54) is 17.6 Å². The van der Waals surface area contributed by atoms with E-state index in [4.69, 9.17) is 4.74 Å². The van der Waals surface area contributed by atoms with Gasteiger partial charge in [0.2, 0.25) is 0 Å². The minimum Gasteiger partial charge on any atom is -0.496 e. The minimum atomic E-state index is -4.82. The molecule has 2 aromatic heterocycles. The Bertz CT molecular complexity index is 1490. The first kappa shape index (κ1) is 22.5. The average Bonchev–Trinajstić information content (AvgIpc) is 3.14. The molecular weight excluding hydrogens is 558 g/mol. The topological polar surface area (TPSA) is 66.1 Å². The zero-order chi connectivity index (χ0) is 23.4. The fraction of sp³-hybridized carbons (Fsp3) is 0.190. The van der Waals surface area contributed by atoms with E-state index in [1.54, 1.807) is 19.2 Å². The molecule has 0 amide bonds. The van der Waals surface area contributed by atoms with Gasteiger partial charge in [-0.15, -0.1) is 0 Å². The van der Waals surface area contributed by atoms with Crippen LogP contribution in [0.25, 0.3) is 27.0 Å². The average molecular weight is 573 g/mol. The predicted molar refractivity (Wildman–Crippen MR) is 125 cm³/mol. The SMILES string of the molecule is COc1cc(C)c(I)cc1-c1nsc2ccc(-n3c(=O)cc(C(F)(F)F)n(C)c3=O)cc12. The summed E-state index contributed by atoms with van der Waals surface area (Å²) in [6, 6.07) is 9.01. The lowest BCUT2D eigenvalue weighted by molar-refractivity contribution is -0.144. The van der Waals surface area contributed by atoms with E-state index in [9.17, 15) is 22.8 Å². The van der Waals surface area contributed by atoms with Crippen molar-refractivity contribution in [3.05, 3.63) is 72.1 Å². The molecule has 0 atom stereocenters. The van der Waals surface area contributed by atoms with E-state index in [2.05, 4.69) is 27.0 Å². The maximum Gasteiger partial charge on any atom is 0.431 e. The van der Waals surface area contributed by atoms with Crippen molar-refractivity contribution in [3.8, 4) is 22.7 Å². The van der Waals surface area contributed by atoms with Crippen LogP contribution >= 0.6 is 34.1 Å². The van der Waals surface area contributed by atoms with Gasteiger partial charge in [0.05, 0.1) is 23.2 Å². The second kappa shape index (κ2) is 8.03. The Hall–Kier alpha value is -2.67. The van der Waals surface area contributed by atoms with Gasteiger partial charge in [0.25, 0.3) is 5.56 Å². The van der Waals surface area contributed by atoms with Crippen LogP contribution in [0.2, 0.25) is 0 Å². The molecule has 0 saturated carbocycles.